The minimum atomic E-state index is -0.565. The summed E-state index contributed by atoms with van der Waals surface area (Å²) >= 11 is 1.30. The van der Waals surface area contributed by atoms with E-state index in [1.54, 1.807) is 59.8 Å². The van der Waals surface area contributed by atoms with Crippen LogP contribution in [0.2, 0.25) is 0 Å². The van der Waals surface area contributed by atoms with Crippen LogP contribution >= 0.6 is 11.3 Å². The van der Waals surface area contributed by atoms with E-state index < -0.39 is 12.0 Å². The van der Waals surface area contributed by atoms with Crippen LogP contribution in [0.25, 0.3) is 12.2 Å². The molecule has 1 atom stereocenters. The number of pyridine rings is 1. The first-order chi connectivity index (χ1) is 17.4. The van der Waals surface area contributed by atoms with Gasteiger partial charge in [-0.25, -0.2) is 19.7 Å². The van der Waals surface area contributed by atoms with Crippen molar-refractivity contribution in [2.45, 2.75) is 33.4 Å². The Bertz CT molecular complexity index is 1410. The number of carbonyl (C=O) groups excluding carboxylic acids is 2. The van der Waals surface area contributed by atoms with Gasteiger partial charge in [-0.15, -0.1) is 11.3 Å². The van der Waals surface area contributed by atoms with Crippen LogP contribution in [0.1, 0.15) is 53.0 Å². The Morgan fingerprint density at radius 3 is 2.89 bits per heavy atom. The fourth-order valence-corrected chi connectivity index (χ4v) is 4.28. The maximum absolute atomic E-state index is 13.4. The van der Waals surface area contributed by atoms with Crippen molar-refractivity contribution in [3.63, 3.8) is 0 Å². The Balaban J connectivity index is 1.41. The lowest BCUT2D eigenvalue weighted by atomic mass is 10.2. The van der Waals surface area contributed by atoms with Crippen molar-refractivity contribution in [1.29, 1.82) is 0 Å². The molecule has 9 nitrogen and oxygen atoms in total. The Hall–Kier alpha value is -4.12. The lowest BCUT2D eigenvalue weighted by molar-refractivity contribution is -0.146. The standard InChI is InChI=1S/C25H25FN6O3S/c1-4-35-24(34)17(3)32-15-28-20(16(32)2)8-7-19-14-36-25(29-19)30-23(33)21-6-5-11-31(21)13-18-9-10-27-22(26)12-18/h5-12,14-15,17H,4,13H2,1-3H3,(H,29,30,33)/b8-7+. The largest absolute Gasteiger partial charge is 0.464 e. The van der Waals surface area contributed by atoms with Crippen LogP contribution < -0.4 is 5.32 Å². The van der Waals surface area contributed by atoms with Gasteiger partial charge in [-0.3, -0.25) is 10.1 Å². The minimum Gasteiger partial charge on any atom is -0.464 e. The molecule has 36 heavy (non-hydrogen) atoms. The van der Waals surface area contributed by atoms with Crippen molar-refractivity contribution in [2.24, 2.45) is 0 Å². The van der Waals surface area contributed by atoms with Gasteiger partial charge >= 0.3 is 5.97 Å². The molecule has 4 aromatic heterocycles. The molecule has 0 aliphatic rings. The van der Waals surface area contributed by atoms with Crippen LogP contribution in [0, 0.1) is 12.9 Å². The number of nitrogens with zero attached hydrogens (tertiary/aromatic N) is 5. The summed E-state index contributed by atoms with van der Waals surface area (Å²) in [7, 11) is 0. The zero-order chi connectivity index (χ0) is 25.7. The second-order valence-electron chi connectivity index (χ2n) is 7.92. The van der Waals surface area contributed by atoms with Crippen LogP contribution in [-0.4, -0.2) is 42.6 Å². The van der Waals surface area contributed by atoms with E-state index in [4.69, 9.17) is 4.74 Å². The summed E-state index contributed by atoms with van der Waals surface area (Å²) in [4.78, 5) is 37.3. The summed E-state index contributed by atoms with van der Waals surface area (Å²) in [6.45, 7) is 6.07. The number of imidazole rings is 1. The fourth-order valence-electron chi connectivity index (χ4n) is 3.61. The van der Waals surface area contributed by atoms with Crippen LogP contribution in [0.5, 0.6) is 0 Å². The van der Waals surface area contributed by atoms with Gasteiger partial charge in [0.05, 0.1) is 24.3 Å². The smallest absolute Gasteiger partial charge is 0.328 e. The third-order valence-electron chi connectivity index (χ3n) is 5.48. The number of hydrogen-bond donors (Lipinski definition) is 1. The third kappa shape index (κ3) is 5.74. The van der Waals surface area contributed by atoms with Gasteiger partial charge < -0.3 is 13.9 Å². The summed E-state index contributed by atoms with van der Waals surface area (Å²) in [5.41, 5.74) is 3.31. The molecule has 4 heterocycles. The second-order valence-corrected chi connectivity index (χ2v) is 8.78. The molecule has 0 spiro atoms. The predicted octanol–water partition coefficient (Wildman–Crippen LogP) is 4.58. The van der Waals surface area contributed by atoms with Crippen molar-refractivity contribution in [1.82, 2.24) is 24.1 Å². The monoisotopic (exact) mass is 508 g/mol. The highest BCUT2D eigenvalue weighted by Crippen LogP contribution is 2.21. The number of halogens is 1. The summed E-state index contributed by atoms with van der Waals surface area (Å²) < 4.78 is 22.0. The lowest BCUT2D eigenvalue weighted by Gasteiger charge is -2.13. The Kier molecular flexibility index (Phi) is 7.69. The molecular weight excluding hydrogens is 483 g/mol. The quantitative estimate of drug-likeness (QED) is 0.262. The van der Waals surface area contributed by atoms with Crippen LogP contribution in [0.4, 0.5) is 9.52 Å². The molecule has 0 saturated heterocycles. The number of esters is 1. The predicted molar refractivity (Wildman–Crippen MR) is 135 cm³/mol. The Morgan fingerprint density at radius 2 is 2.11 bits per heavy atom. The number of anilines is 1. The van der Waals surface area contributed by atoms with Gasteiger partial charge in [0.25, 0.3) is 5.91 Å². The number of aromatic nitrogens is 5. The van der Waals surface area contributed by atoms with E-state index in [1.807, 2.05) is 18.4 Å². The second kappa shape index (κ2) is 11.1. The van der Waals surface area contributed by atoms with Gasteiger partial charge in [-0.05, 0) is 62.8 Å². The third-order valence-corrected chi connectivity index (χ3v) is 6.26. The molecule has 0 fully saturated rings. The topological polar surface area (TPSA) is 104 Å². The van der Waals surface area contributed by atoms with Crippen LogP contribution in [0.15, 0.2) is 48.4 Å². The molecule has 0 bridgehead atoms. The zero-order valence-corrected chi connectivity index (χ0v) is 20.8. The molecule has 1 unspecified atom stereocenters. The minimum absolute atomic E-state index is 0.313. The average molecular weight is 509 g/mol. The highest BCUT2D eigenvalue weighted by atomic mass is 32.1. The molecule has 11 heteroatoms. The highest BCUT2D eigenvalue weighted by molar-refractivity contribution is 7.14. The molecule has 0 aliphatic carbocycles. The molecule has 0 aromatic carbocycles. The van der Waals surface area contributed by atoms with E-state index in [1.165, 1.54) is 23.6 Å². The van der Waals surface area contributed by atoms with Crippen molar-refractivity contribution >= 4 is 40.5 Å². The molecular formula is C25H25FN6O3S. The fraction of sp³-hybridized carbons (Fsp3) is 0.240. The number of carbonyl (C=O) groups is 2. The van der Waals surface area contributed by atoms with E-state index in [2.05, 4.69) is 20.3 Å². The average Bonchev–Trinajstić information content (AvgIpc) is 3.58. The molecule has 186 valence electrons. The number of hydrogen-bond acceptors (Lipinski definition) is 7. The Labute approximate surface area is 211 Å². The highest BCUT2D eigenvalue weighted by Gasteiger charge is 2.19. The molecule has 1 N–H and O–H groups in total. The first kappa shape index (κ1) is 25.0. The molecule has 4 aromatic rings. The first-order valence-corrected chi connectivity index (χ1v) is 12.1. The van der Waals surface area contributed by atoms with Gasteiger partial charge in [0.1, 0.15) is 11.7 Å². The zero-order valence-electron chi connectivity index (χ0n) is 20.0. The van der Waals surface area contributed by atoms with Gasteiger partial charge in [-0.2, -0.15) is 4.39 Å². The summed E-state index contributed by atoms with van der Waals surface area (Å²) in [6, 6.07) is 6.01. The summed E-state index contributed by atoms with van der Waals surface area (Å²) in [6.07, 6.45) is 8.36. The van der Waals surface area contributed by atoms with Gasteiger partial charge in [0.2, 0.25) is 5.95 Å². The molecule has 1 amide bonds. The maximum Gasteiger partial charge on any atom is 0.328 e. The van der Waals surface area contributed by atoms with Crippen molar-refractivity contribution in [3.05, 3.63) is 82.7 Å². The van der Waals surface area contributed by atoms with Gasteiger partial charge in [-0.1, -0.05) is 0 Å². The van der Waals surface area contributed by atoms with Gasteiger partial charge in [0, 0.05) is 30.0 Å². The van der Waals surface area contributed by atoms with E-state index in [0.717, 1.165) is 5.69 Å². The number of thiazole rings is 1. The van der Waals surface area contributed by atoms with Crippen LogP contribution in [0.3, 0.4) is 0 Å². The van der Waals surface area contributed by atoms with E-state index in [9.17, 15) is 14.0 Å². The van der Waals surface area contributed by atoms with Crippen molar-refractivity contribution < 1.29 is 18.7 Å². The number of ether oxygens (including phenoxy) is 1. The summed E-state index contributed by atoms with van der Waals surface area (Å²) in [5.74, 6) is -1.20. The molecule has 0 aliphatic heterocycles. The van der Waals surface area contributed by atoms with Crippen molar-refractivity contribution in [2.75, 3.05) is 11.9 Å². The van der Waals surface area contributed by atoms with Gasteiger partial charge in [0.15, 0.2) is 5.13 Å². The van der Waals surface area contributed by atoms with Crippen LogP contribution in [-0.2, 0) is 16.1 Å². The molecule has 0 radical (unpaired) electrons. The SMILES string of the molecule is CCOC(=O)C(C)n1cnc(/C=C/c2csc(NC(=O)c3cccn3Cc3ccnc(F)c3)n2)c1C. The Morgan fingerprint density at radius 1 is 1.28 bits per heavy atom. The lowest BCUT2D eigenvalue weighted by Crippen LogP contribution is -2.19. The molecule has 4 rings (SSSR count). The van der Waals surface area contributed by atoms with E-state index in [-0.39, 0.29) is 11.9 Å². The first-order valence-electron chi connectivity index (χ1n) is 11.3. The normalized spacial score (nSPS) is 12.1. The van der Waals surface area contributed by atoms with Crippen molar-refractivity contribution in [3.8, 4) is 0 Å². The van der Waals surface area contributed by atoms with E-state index >= 15 is 0 Å². The number of amides is 1. The molecule has 0 saturated carbocycles. The maximum atomic E-state index is 13.4. The number of nitrogens with one attached hydrogen (secondary N) is 1. The number of rotatable bonds is 9. The summed E-state index contributed by atoms with van der Waals surface area (Å²) in [5, 5.41) is 5.07. The van der Waals surface area contributed by atoms with E-state index in [0.29, 0.717) is 40.9 Å².